The minimum atomic E-state index is -0.711. The number of halogens is 1. The van der Waals surface area contributed by atoms with Gasteiger partial charge in [-0.15, -0.1) is 0 Å². The summed E-state index contributed by atoms with van der Waals surface area (Å²) in [5, 5.41) is 14.6. The molecule has 0 fully saturated rings. The van der Waals surface area contributed by atoms with Crippen LogP contribution in [0.2, 0.25) is 5.02 Å². The van der Waals surface area contributed by atoms with E-state index in [-0.39, 0.29) is 27.2 Å². The molecule has 0 aliphatic rings. The number of nitro groups is 1. The fourth-order valence-corrected chi connectivity index (χ4v) is 5.06. The zero-order valence-electron chi connectivity index (χ0n) is 22.3. The number of carbonyl (C=O) groups excluding carboxylic acids is 1. The second-order valence-corrected chi connectivity index (χ2v) is 11.7. The number of esters is 1. The summed E-state index contributed by atoms with van der Waals surface area (Å²) in [6.07, 6.45) is 2.92. The third-order valence-corrected chi connectivity index (χ3v) is 6.22. The predicted molar refractivity (Wildman–Crippen MR) is 150 cm³/mol. The number of nitrogens with zero attached hydrogens (tertiary/aromatic N) is 3. The molecule has 0 amide bonds. The van der Waals surface area contributed by atoms with Gasteiger partial charge in [-0.3, -0.25) is 14.5 Å². The van der Waals surface area contributed by atoms with Gasteiger partial charge < -0.3 is 10.1 Å². The summed E-state index contributed by atoms with van der Waals surface area (Å²) < 4.78 is 7.63. The van der Waals surface area contributed by atoms with Crippen LogP contribution in [0, 0.1) is 22.5 Å². The third kappa shape index (κ3) is 6.14. The molecule has 2 heterocycles. The molecule has 0 aliphatic carbocycles. The standard InChI is InChI=1S/C29H31ClN4O4/c1-18-12-13-33-24(14-18)31-25(26(33)32-29(5,6)17-28(2,3)4)19-8-7-9-21(15-19)38-27(35)22-11-10-20(34(36)37)16-23(22)30/h7-16,32H,17H2,1-6H3. The maximum absolute atomic E-state index is 12.8. The number of anilines is 1. The number of rotatable bonds is 7. The molecule has 0 bridgehead atoms. The first-order valence-electron chi connectivity index (χ1n) is 12.3. The van der Waals surface area contributed by atoms with Gasteiger partial charge in [0, 0.05) is 29.4 Å². The lowest BCUT2D eigenvalue weighted by Crippen LogP contribution is -2.36. The smallest absolute Gasteiger partial charge is 0.345 e. The molecule has 0 spiro atoms. The minimum absolute atomic E-state index is 0.0390. The highest BCUT2D eigenvalue weighted by Crippen LogP contribution is 2.36. The normalized spacial score (nSPS) is 12.0. The van der Waals surface area contributed by atoms with E-state index in [0.29, 0.717) is 5.75 Å². The van der Waals surface area contributed by atoms with Crippen molar-refractivity contribution in [2.75, 3.05) is 5.32 Å². The van der Waals surface area contributed by atoms with Crippen LogP contribution in [0.15, 0.2) is 60.8 Å². The maximum Gasteiger partial charge on any atom is 0.345 e. The Morgan fingerprint density at radius 3 is 2.50 bits per heavy atom. The van der Waals surface area contributed by atoms with Crippen LogP contribution in [-0.4, -0.2) is 25.8 Å². The van der Waals surface area contributed by atoms with Crippen molar-refractivity contribution in [3.63, 3.8) is 0 Å². The Morgan fingerprint density at radius 1 is 1.11 bits per heavy atom. The molecule has 8 nitrogen and oxygen atoms in total. The van der Waals surface area contributed by atoms with E-state index >= 15 is 0 Å². The van der Waals surface area contributed by atoms with Gasteiger partial charge in [-0.1, -0.05) is 44.5 Å². The number of ether oxygens (including phenoxy) is 1. The topological polar surface area (TPSA) is 98.8 Å². The SMILES string of the molecule is Cc1ccn2c(NC(C)(C)CC(C)(C)C)c(-c3cccc(OC(=O)c4ccc([N+](=O)[O-])cc4Cl)c3)nc2c1. The number of nitro benzene ring substituents is 1. The average Bonchev–Trinajstić information content (AvgIpc) is 3.13. The number of aryl methyl sites for hydroxylation is 1. The van der Waals surface area contributed by atoms with Crippen LogP contribution in [0.1, 0.15) is 57.0 Å². The van der Waals surface area contributed by atoms with Crippen molar-refractivity contribution in [2.24, 2.45) is 5.41 Å². The van der Waals surface area contributed by atoms with Gasteiger partial charge in [0.1, 0.15) is 22.9 Å². The maximum atomic E-state index is 12.8. The first-order chi connectivity index (χ1) is 17.7. The molecule has 0 aliphatic heterocycles. The third-order valence-electron chi connectivity index (χ3n) is 5.91. The number of imidazole rings is 1. The average molecular weight is 535 g/mol. The Kier molecular flexibility index (Phi) is 7.21. The summed E-state index contributed by atoms with van der Waals surface area (Å²) in [7, 11) is 0. The van der Waals surface area contributed by atoms with Crippen molar-refractivity contribution in [1.82, 2.24) is 9.38 Å². The first kappa shape index (κ1) is 27.1. The number of pyridine rings is 1. The zero-order valence-corrected chi connectivity index (χ0v) is 23.1. The van der Waals surface area contributed by atoms with Crippen molar-refractivity contribution in [2.45, 2.75) is 53.5 Å². The van der Waals surface area contributed by atoms with Crippen LogP contribution in [0.3, 0.4) is 0 Å². The Hall–Kier alpha value is -3.91. The van der Waals surface area contributed by atoms with E-state index < -0.39 is 10.9 Å². The van der Waals surface area contributed by atoms with Crippen LogP contribution < -0.4 is 10.1 Å². The number of benzene rings is 2. The molecule has 0 saturated heterocycles. The summed E-state index contributed by atoms with van der Waals surface area (Å²) in [6.45, 7) is 13.0. The fraction of sp³-hybridized carbons (Fsp3) is 0.310. The Morgan fingerprint density at radius 2 is 1.84 bits per heavy atom. The summed E-state index contributed by atoms with van der Waals surface area (Å²) >= 11 is 6.12. The molecule has 1 N–H and O–H groups in total. The van der Waals surface area contributed by atoms with E-state index in [1.54, 1.807) is 18.2 Å². The van der Waals surface area contributed by atoms with Crippen molar-refractivity contribution < 1.29 is 14.5 Å². The van der Waals surface area contributed by atoms with E-state index in [1.807, 2.05) is 35.7 Å². The number of fused-ring (bicyclic) bond motifs is 1. The highest BCUT2D eigenvalue weighted by atomic mass is 35.5. The van der Waals surface area contributed by atoms with E-state index in [0.717, 1.165) is 40.8 Å². The van der Waals surface area contributed by atoms with Crippen LogP contribution >= 0.6 is 11.6 Å². The molecule has 2 aromatic carbocycles. The van der Waals surface area contributed by atoms with Crippen LogP contribution in [0.4, 0.5) is 11.5 Å². The summed E-state index contributed by atoms with van der Waals surface area (Å²) in [5.74, 6) is 0.434. The number of aromatic nitrogens is 2. The van der Waals surface area contributed by atoms with Crippen molar-refractivity contribution >= 4 is 34.7 Å². The van der Waals surface area contributed by atoms with Gasteiger partial charge in [-0.05, 0) is 68.5 Å². The number of carbonyl (C=O) groups is 1. The molecule has 9 heteroatoms. The Balaban J connectivity index is 1.70. The van der Waals surface area contributed by atoms with Crippen LogP contribution in [-0.2, 0) is 0 Å². The van der Waals surface area contributed by atoms with Crippen LogP contribution in [0.25, 0.3) is 16.9 Å². The van der Waals surface area contributed by atoms with E-state index in [4.69, 9.17) is 21.3 Å². The molecule has 198 valence electrons. The number of nitrogens with one attached hydrogen (secondary N) is 1. The highest BCUT2D eigenvalue weighted by molar-refractivity contribution is 6.33. The lowest BCUT2D eigenvalue weighted by molar-refractivity contribution is -0.384. The minimum Gasteiger partial charge on any atom is -0.423 e. The molecule has 0 radical (unpaired) electrons. The van der Waals surface area contributed by atoms with Crippen LogP contribution in [0.5, 0.6) is 5.75 Å². The van der Waals surface area contributed by atoms with Crippen molar-refractivity contribution in [3.8, 4) is 17.0 Å². The molecule has 2 aromatic heterocycles. The van der Waals surface area contributed by atoms with E-state index in [1.165, 1.54) is 12.1 Å². The monoisotopic (exact) mass is 534 g/mol. The van der Waals surface area contributed by atoms with Gasteiger partial charge in [-0.25, -0.2) is 9.78 Å². The lowest BCUT2D eigenvalue weighted by atomic mass is 9.82. The van der Waals surface area contributed by atoms with Crippen molar-refractivity contribution in [1.29, 1.82) is 0 Å². The quantitative estimate of drug-likeness (QED) is 0.113. The second-order valence-electron chi connectivity index (χ2n) is 11.3. The van der Waals surface area contributed by atoms with Gasteiger partial charge in [-0.2, -0.15) is 0 Å². The molecular formula is C29H31ClN4O4. The summed E-state index contributed by atoms with van der Waals surface area (Å²) in [4.78, 5) is 28.1. The number of hydrogen-bond donors (Lipinski definition) is 1. The molecule has 4 aromatic rings. The Labute approximate surface area is 226 Å². The first-order valence-corrected chi connectivity index (χ1v) is 12.6. The van der Waals surface area contributed by atoms with Crippen molar-refractivity contribution in [3.05, 3.63) is 87.1 Å². The Bertz CT molecular complexity index is 1540. The molecular weight excluding hydrogens is 504 g/mol. The molecule has 0 atom stereocenters. The highest BCUT2D eigenvalue weighted by Gasteiger charge is 2.28. The lowest BCUT2D eigenvalue weighted by Gasteiger charge is -2.34. The van der Waals surface area contributed by atoms with Gasteiger partial charge >= 0.3 is 5.97 Å². The van der Waals surface area contributed by atoms with Gasteiger partial charge in [0.25, 0.3) is 5.69 Å². The van der Waals surface area contributed by atoms with Gasteiger partial charge in [0.2, 0.25) is 0 Å². The second kappa shape index (κ2) is 10.1. The zero-order chi connectivity index (χ0) is 27.8. The fourth-order valence-electron chi connectivity index (χ4n) is 4.81. The molecule has 4 rings (SSSR count). The number of hydrogen-bond acceptors (Lipinski definition) is 6. The molecule has 0 saturated carbocycles. The van der Waals surface area contributed by atoms with Gasteiger partial charge in [0.05, 0.1) is 15.5 Å². The molecule has 0 unspecified atom stereocenters. The van der Waals surface area contributed by atoms with Gasteiger partial charge in [0.15, 0.2) is 0 Å². The summed E-state index contributed by atoms with van der Waals surface area (Å²) in [6, 6.07) is 14.8. The number of non-ortho nitro benzene ring substituents is 1. The molecule has 38 heavy (non-hydrogen) atoms. The largest absolute Gasteiger partial charge is 0.423 e. The predicted octanol–water partition coefficient (Wildman–Crippen LogP) is 7.72. The van der Waals surface area contributed by atoms with E-state index in [9.17, 15) is 14.9 Å². The summed E-state index contributed by atoms with van der Waals surface area (Å²) in [5.41, 5.74) is 3.10. The van der Waals surface area contributed by atoms with E-state index in [2.05, 4.69) is 39.9 Å².